The Bertz CT molecular complexity index is 147. The smallest absolute Gasteiger partial charge is 0.144 e. The van der Waals surface area contributed by atoms with E-state index in [-0.39, 0.29) is 11.2 Å². The van der Waals surface area contributed by atoms with E-state index < -0.39 is 0 Å². The van der Waals surface area contributed by atoms with Crippen molar-refractivity contribution >= 4 is 5.78 Å². The van der Waals surface area contributed by atoms with Gasteiger partial charge in [-0.15, -0.1) is 0 Å². The summed E-state index contributed by atoms with van der Waals surface area (Å²) in [6, 6.07) is 0. The molecule has 0 bridgehead atoms. The zero-order valence-electron chi connectivity index (χ0n) is 6.93. The molecule has 1 fully saturated rings. The molecule has 0 atom stereocenters. The summed E-state index contributed by atoms with van der Waals surface area (Å²) in [6.07, 6.45) is 1.54. The van der Waals surface area contributed by atoms with Crippen LogP contribution in [-0.4, -0.2) is 25.5 Å². The molecule has 1 saturated heterocycles. The molecular weight excluding hydrogens is 142 g/mol. The molecule has 0 radical (unpaired) electrons. The van der Waals surface area contributed by atoms with Crippen LogP contribution in [0.3, 0.4) is 0 Å². The second-order valence-electron chi connectivity index (χ2n) is 3.15. The number of rotatable bonds is 4. The summed E-state index contributed by atoms with van der Waals surface area (Å²) in [6.45, 7) is 3.50. The predicted molar refractivity (Wildman–Crippen MR) is 42.2 cm³/mol. The van der Waals surface area contributed by atoms with Gasteiger partial charge in [-0.1, -0.05) is 6.92 Å². The molecule has 0 aliphatic carbocycles. The summed E-state index contributed by atoms with van der Waals surface area (Å²) in [5.74, 6) is 0.272. The second kappa shape index (κ2) is 3.32. The highest BCUT2D eigenvalue weighted by molar-refractivity contribution is 5.86. The quantitative estimate of drug-likeness (QED) is 0.640. The van der Waals surface area contributed by atoms with Gasteiger partial charge in [0.15, 0.2) is 0 Å². The van der Waals surface area contributed by atoms with Gasteiger partial charge >= 0.3 is 0 Å². The molecule has 11 heavy (non-hydrogen) atoms. The van der Waals surface area contributed by atoms with E-state index in [1.54, 1.807) is 0 Å². The van der Waals surface area contributed by atoms with E-state index in [0.29, 0.717) is 26.2 Å². The molecule has 0 unspecified atom stereocenters. The Hall–Kier alpha value is -0.410. The topological polar surface area (TPSA) is 52.3 Å². The van der Waals surface area contributed by atoms with Gasteiger partial charge in [-0.25, -0.2) is 0 Å². The highest BCUT2D eigenvalue weighted by Gasteiger charge is 2.43. The zero-order chi connectivity index (χ0) is 8.32. The van der Waals surface area contributed by atoms with Crippen LogP contribution in [0.1, 0.15) is 19.8 Å². The molecule has 0 amide bonds. The van der Waals surface area contributed by atoms with Crippen LogP contribution in [-0.2, 0) is 9.53 Å². The van der Waals surface area contributed by atoms with E-state index >= 15 is 0 Å². The minimum absolute atomic E-state index is 0.272. The number of ketones is 1. The second-order valence-corrected chi connectivity index (χ2v) is 3.15. The Morgan fingerprint density at radius 1 is 1.64 bits per heavy atom. The number of ether oxygens (including phenoxy) is 1. The van der Waals surface area contributed by atoms with E-state index in [2.05, 4.69) is 0 Å². The van der Waals surface area contributed by atoms with Crippen LogP contribution in [0.4, 0.5) is 0 Å². The van der Waals surface area contributed by atoms with Crippen LogP contribution in [0.25, 0.3) is 0 Å². The highest BCUT2D eigenvalue weighted by Crippen LogP contribution is 2.28. The molecule has 1 rings (SSSR count). The van der Waals surface area contributed by atoms with E-state index in [4.69, 9.17) is 10.5 Å². The Morgan fingerprint density at radius 2 is 2.27 bits per heavy atom. The van der Waals surface area contributed by atoms with Gasteiger partial charge in [0.2, 0.25) is 0 Å². The molecule has 0 aromatic carbocycles. The standard InChI is InChI=1S/C8H15NO2/c1-2-3-7(10)8(4-9)5-11-6-8/h2-6,9H2,1H3. The van der Waals surface area contributed by atoms with Gasteiger partial charge < -0.3 is 10.5 Å². The molecule has 64 valence electrons. The molecular formula is C8H15NO2. The van der Waals surface area contributed by atoms with Gasteiger partial charge in [-0.3, -0.25) is 4.79 Å². The number of hydrogen-bond acceptors (Lipinski definition) is 3. The molecule has 3 nitrogen and oxygen atoms in total. The van der Waals surface area contributed by atoms with Gasteiger partial charge in [0.05, 0.1) is 18.6 Å². The Balaban J connectivity index is 2.47. The Morgan fingerprint density at radius 3 is 2.55 bits per heavy atom. The Kier molecular flexibility index (Phi) is 2.62. The van der Waals surface area contributed by atoms with Crippen LogP contribution >= 0.6 is 0 Å². The molecule has 0 aromatic heterocycles. The zero-order valence-corrected chi connectivity index (χ0v) is 6.93. The van der Waals surface area contributed by atoms with Crippen LogP contribution in [0.5, 0.6) is 0 Å². The average molecular weight is 157 g/mol. The molecule has 3 heteroatoms. The van der Waals surface area contributed by atoms with Crippen molar-refractivity contribution in [2.75, 3.05) is 19.8 Å². The van der Waals surface area contributed by atoms with Crippen LogP contribution in [0, 0.1) is 5.41 Å². The van der Waals surface area contributed by atoms with E-state index in [1.165, 1.54) is 0 Å². The van der Waals surface area contributed by atoms with Crippen molar-refractivity contribution in [2.24, 2.45) is 11.1 Å². The lowest BCUT2D eigenvalue weighted by atomic mass is 9.80. The fraction of sp³-hybridized carbons (Fsp3) is 0.875. The molecule has 1 heterocycles. The van der Waals surface area contributed by atoms with Crippen LogP contribution < -0.4 is 5.73 Å². The van der Waals surface area contributed by atoms with Crippen LogP contribution in [0.2, 0.25) is 0 Å². The summed E-state index contributed by atoms with van der Waals surface area (Å²) in [4.78, 5) is 11.4. The van der Waals surface area contributed by atoms with E-state index in [1.807, 2.05) is 6.92 Å². The number of hydrogen-bond donors (Lipinski definition) is 1. The lowest BCUT2D eigenvalue weighted by Crippen LogP contribution is -2.53. The van der Waals surface area contributed by atoms with Crippen molar-refractivity contribution in [3.63, 3.8) is 0 Å². The third-order valence-corrected chi connectivity index (χ3v) is 2.22. The third kappa shape index (κ3) is 1.44. The molecule has 0 aromatic rings. The number of nitrogens with two attached hydrogens (primary N) is 1. The van der Waals surface area contributed by atoms with Crippen molar-refractivity contribution < 1.29 is 9.53 Å². The maximum absolute atomic E-state index is 11.4. The SMILES string of the molecule is CCCC(=O)C1(CN)COC1. The lowest BCUT2D eigenvalue weighted by molar-refractivity contribution is -0.157. The van der Waals surface area contributed by atoms with Gasteiger partial charge in [0.1, 0.15) is 5.78 Å². The fourth-order valence-electron chi connectivity index (χ4n) is 1.23. The largest absolute Gasteiger partial charge is 0.379 e. The van der Waals surface area contributed by atoms with Gasteiger partial charge in [-0.2, -0.15) is 0 Å². The van der Waals surface area contributed by atoms with Gasteiger partial charge in [0.25, 0.3) is 0 Å². The lowest BCUT2D eigenvalue weighted by Gasteiger charge is -2.38. The number of carbonyl (C=O) groups is 1. The highest BCUT2D eigenvalue weighted by atomic mass is 16.5. The first-order chi connectivity index (χ1) is 5.25. The molecule has 0 spiro atoms. The average Bonchev–Trinajstić information content (AvgIpc) is 1.87. The summed E-state index contributed by atoms with van der Waals surface area (Å²) < 4.78 is 5.00. The summed E-state index contributed by atoms with van der Waals surface area (Å²) >= 11 is 0. The van der Waals surface area contributed by atoms with Gasteiger partial charge in [0, 0.05) is 13.0 Å². The van der Waals surface area contributed by atoms with Gasteiger partial charge in [-0.05, 0) is 6.42 Å². The van der Waals surface area contributed by atoms with Crippen molar-refractivity contribution in [1.82, 2.24) is 0 Å². The summed E-state index contributed by atoms with van der Waals surface area (Å²) in [5, 5.41) is 0. The molecule has 2 N–H and O–H groups in total. The van der Waals surface area contributed by atoms with Crippen molar-refractivity contribution in [2.45, 2.75) is 19.8 Å². The molecule has 1 aliphatic rings. The first kappa shape index (κ1) is 8.68. The van der Waals surface area contributed by atoms with Crippen LogP contribution in [0.15, 0.2) is 0 Å². The first-order valence-electron chi connectivity index (χ1n) is 4.06. The molecule has 0 saturated carbocycles. The fourth-order valence-corrected chi connectivity index (χ4v) is 1.23. The van der Waals surface area contributed by atoms with E-state index in [9.17, 15) is 4.79 Å². The monoisotopic (exact) mass is 157 g/mol. The summed E-state index contributed by atoms with van der Waals surface area (Å²) in [7, 11) is 0. The normalized spacial score (nSPS) is 20.9. The van der Waals surface area contributed by atoms with E-state index in [0.717, 1.165) is 6.42 Å². The molecule has 1 aliphatic heterocycles. The maximum atomic E-state index is 11.4. The Labute approximate surface area is 66.9 Å². The maximum Gasteiger partial charge on any atom is 0.144 e. The summed E-state index contributed by atoms with van der Waals surface area (Å²) in [5.41, 5.74) is 5.19. The third-order valence-electron chi connectivity index (χ3n) is 2.22. The number of Topliss-reactive ketones (excluding diaryl/α,β-unsaturated/α-hetero) is 1. The minimum Gasteiger partial charge on any atom is -0.379 e. The number of carbonyl (C=O) groups excluding carboxylic acids is 1. The van der Waals surface area contributed by atoms with Crippen molar-refractivity contribution in [1.29, 1.82) is 0 Å². The predicted octanol–water partition coefficient (Wildman–Crippen LogP) is 0.331. The van der Waals surface area contributed by atoms with Crippen molar-refractivity contribution in [3.8, 4) is 0 Å². The first-order valence-corrected chi connectivity index (χ1v) is 4.06. The van der Waals surface area contributed by atoms with Crippen molar-refractivity contribution in [3.05, 3.63) is 0 Å². The minimum atomic E-state index is -0.310.